The Kier molecular flexibility index (Phi) is 0.590. The predicted molar refractivity (Wildman–Crippen MR) is 7.11 cm³/mol. The summed E-state index contributed by atoms with van der Waals surface area (Å²) in [5.41, 5.74) is 0. The predicted octanol–water partition coefficient (Wildman–Crippen LogP) is 1.18. The smallest absolute Gasteiger partial charge is 0.174 e. The molecule has 0 aliphatic heterocycles. The van der Waals surface area contributed by atoms with Crippen LogP contribution < -0.4 is 0 Å². The van der Waals surface area contributed by atoms with Crippen LogP contribution in [0.25, 0.3) is 0 Å². The maximum Gasteiger partial charge on any atom is 0.379 e. The van der Waals surface area contributed by atoms with E-state index < -0.39 is 6.66 Å². The van der Waals surface area contributed by atoms with Crippen molar-refractivity contribution in [2.24, 2.45) is 0 Å². The van der Waals surface area contributed by atoms with Crippen molar-refractivity contribution in [2.45, 2.75) is 6.66 Å². The zero-order valence-corrected chi connectivity index (χ0v) is 1.63. The molecule has 0 saturated carbocycles. The van der Waals surface area contributed by atoms with Gasteiger partial charge < -0.3 is 0 Å². The molecule has 0 amide bonds. The Morgan fingerprint density at radius 1 is 1.50 bits per heavy atom. The summed E-state index contributed by atoms with van der Waals surface area (Å²) in [6, 6.07) is 0. The highest BCUT2D eigenvalue weighted by Gasteiger charge is 1.86. The molecule has 0 aromatic rings. The van der Waals surface area contributed by atoms with Crippen molar-refractivity contribution in [1.82, 2.24) is 0 Å². The summed E-state index contributed by atoms with van der Waals surface area (Å²) in [7, 11) is 0. The van der Waals surface area contributed by atoms with Crippen LogP contribution in [0.4, 0.5) is 13.2 Å². The van der Waals surface area contributed by atoms with Crippen molar-refractivity contribution in [3.8, 4) is 0 Å². The molecule has 3 heteroatoms. The van der Waals surface area contributed by atoms with Crippen molar-refractivity contribution in [1.29, 1.82) is 0 Å². The summed E-state index contributed by atoms with van der Waals surface area (Å²) in [6.07, 6.45) is 0. The SMILES string of the molecule is [2H]C(F)(F)F. The number of halogens is 3. The molecule has 0 aromatic heterocycles. The van der Waals surface area contributed by atoms with Gasteiger partial charge in [0.25, 0.3) is 0 Å². The van der Waals surface area contributed by atoms with Crippen LogP contribution >= 0.6 is 0 Å². The maximum atomic E-state index is 10.0. The Labute approximate surface area is 22.6 Å². The lowest BCUT2D eigenvalue weighted by Gasteiger charge is -1.65. The molecule has 0 atom stereocenters. The molecule has 26 valence electrons. The molecule has 0 aromatic carbocycles. The Hall–Kier alpha value is -0.210. The van der Waals surface area contributed by atoms with E-state index in [4.69, 9.17) is 1.37 Å². The highest BCUT2D eigenvalue weighted by atomic mass is 19.4. The van der Waals surface area contributed by atoms with E-state index in [0.29, 0.717) is 0 Å². The first kappa shape index (κ1) is 2.05. The molecule has 0 N–H and O–H groups in total. The summed E-state index contributed by atoms with van der Waals surface area (Å²) in [5.74, 6) is 0. The molecule has 0 fully saturated rings. The summed E-state index contributed by atoms with van der Waals surface area (Å²) in [5, 5.41) is 0. The fraction of sp³-hybridized carbons (Fsp3) is 1.00. The van der Waals surface area contributed by atoms with E-state index in [9.17, 15) is 13.2 Å². The van der Waals surface area contributed by atoms with E-state index in [0.717, 1.165) is 0 Å². The van der Waals surface area contributed by atoms with Crippen LogP contribution in [0.5, 0.6) is 0 Å². The van der Waals surface area contributed by atoms with Gasteiger partial charge in [-0.1, -0.05) is 0 Å². The molecule has 0 radical (unpaired) electrons. The minimum atomic E-state index is -4.75. The highest BCUT2D eigenvalue weighted by Crippen LogP contribution is 1.87. The van der Waals surface area contributed by atoms with E-state index in [1.807, 2.05) is 0 Å². The topological polar surface area (TPSA) is 0 Å². The van der Waals surface area contributed by atoms with Crippen molar-refractivity contribution in [3.63, 3.8) is 0 Å². The molecule has 0 saturated heterocycles. The summed E-state index contributed by atoms with van der Waals surface area (Å²) < 4.78 is 35.0. The standard InChI is InChI=1S/CHF3/c2-1(3)4/h1H/i1D. The fourth-order valence-corrected chi connectivity index (χ4v) is 0. The molecule has 0 rings (SSSR count). The average molecular weight is 71.0 g/mol. The van der Waals surface area contributed by atoms with E-state index >= 15 is 0 Å². The second kappa shape index (κ2) is 1.15. The van der Waals surface area contributed by atoms with Crippen LogP contribution in [0.3, 0.4) is 0 Å². The lowest BCUT2D eigenvalue weighted by Crippen LogP contribution is -1.65. The molecule has 0 unspecified atom stereocenters. The van der Waals surface area contributed by atoms with Gasteiger partial charge in [-0.25, -0.2) is 0 Å². The van der Waals surface area contributed by atoms with E-state index in [2.05, 4.69) is 0 Å². The van der Waals surface area contributed by atoms with Gasteiger partial charge >= 0.3 is 6.66 Å². The third-order valence-electron chi connectivity index (χ3n) is 0. The zero-order valence-electron chi connectivity index (χ0n) is 2.63. The van der Waals surface area contributed by atoms with Gasteiger partial charge in [-0.3, -0.25) is 0 Å². The lowest BCUT2D eigenvalue weighted by molar-refractivity contribution is 0.00820. The normalized spacial score (nSPS) is 15.2. The van der Waals surface area contributed by atoms with Crippen LogP contribution in [-0.2, 0) is 0 Å². The van der Waals surface area contributed by atoms with Gasteiger partial charge in [0.05, 0.1) is 0 Å². The summed E-state index contributed by atoms with van der Waals surface area (Å²) >= 11 is 0. The Bertz CT molecular complexity index is 22.4. The van der Waals surface area contributed by atoms with Crippen molar-refractivity contribution in [3.05, 3.63) is 0 Å². The van der Waals surface area contributed by atoms with E-state index in [1.165, 1.54) is 0 Å². The first-order valence-electron chi connectivity index (χ1n) is 1.07. The van der Waals surface area contributed by atoms with E-state index in [-0.39, 0.29) is 0 Å². The van der Waals surface area contributed by atoms with Gasteiger partial charge in [-0.05, 0) is 0 Å². The minimum Gasteiger partial charge on any atom is -0.174 e. The molecule has 0 aliphatic carbocycles. The second-order valence-corrected chi connectivity index (χ2v) is 0.214. The van der Waals surface area contributed by atoms with Gasteiger partial charge in [-0.2, -0.15) is 13.2 Å². The van der Waals surface area contributed by atoms with Crippen molar-refractivity contribution < 1.29 is 14.5 Å². The highest BCUT2D eigenvalue weighted by molar-refractivity contribution is 3.83. The van der Waals surface area contributed by atoms with Crippen molar-refractivity contribution in [2.75, 3.05) is 0 Å². The first-order valence-corrected chi connectivity index (χ1v) is 0.567. The molecular formula is CHF3. The quantitative estimate of drug-likeness (QED) is 0.402. The number of hydrogen-bond acceptors (Lipinski definition) is 0. The number of alkyl halides is 3. The zero-order chi connectivity index (χ0) is 4.50. The average Bonchev–Trinajstić information content (AvgIpc) is 0.722. The van der Waals surface area contributed by atoms with Crippen LogP contribution in [0.2, 0.25) is 0 Å². The van der Waals surface area contributed by atoms with Crippen LogP contribution in [-0.4, -0.2) is 6.66 Å². The minimum absolute atomic E-state index is 4.75. The fourth-order valence-electron chi connectivity index (χ4n) is 0. The lowest BCUT2D eigenvalue weighted by atomic mass is 11.6. The van der Waals surface area contributed by atoms with Crippen LogP contribution in [0.15, 0.2) is 0 Å². The number of hydrogen-bond donors (Lipinski definition) is 0. The van der Waals surface area contributed by atoms with Gasteiger partial charge in [0.1, 0.15) is 1.37 Å². The van der Waals surface area contributed by atoms with Gasteiger partial charge in [0.2, 0.25) is 0 Å². The van der Waals surface area contributed by atoms with Crippen LogP contribution in [0.1, 0.15) is 1.37 Å². The monoisotopic (exact) mass is 71.0 g/mol. The van der Waals surface area contributed by atoms with Gasteiger partial charge in [0, 0.05) is 0 Å². The summed E-state index contributed by atoms with van der Waals surface area (Å²) in [6.45, 7) is -4.75. The maximum absolute atomic E-state index is 10.0. The Morgan fingerprint density at radius 2 is 1.50 bits per heavy atom. The largest absolute Gasteiger partial charge is 0.379 e. The molecule has 4 heavy (non-hydrogen) atoms. The molecule has 0 spiro atoms. The molecule has 0 aliphatic rings. The van der Waals surface area contributed by atoms with Crippen LogP contribution in [0, 0.1) is 0 Å². The van der Waals surface area contributed by atoms with Gasteiger partial charge in [0.15, 0.2) is 0 Å². The van der Waals surface area contributed by atoms with Gasteiger partial charge in [-0.15, -0.1) is 0 Å². The number of rotatable bonds is 0. The molecule has 0 nitrogen and oxygen atoms in total. The summed E-state index contributed by atoms with van der Waals surface area (Å²) in [4.78, 5) is 0. The molecule has 0 heterocycles. The second-order valence-electron chi connectivity index (χ2n) is 0.214. The molecular weight excluding hydrogens is 69.0 g/mol. The molecule has 0 bridgehead atoms. The van der Waals surface area contributed by atoms with E-state index in [1.54, 1.807) is 0 Å². The first-order chi connectivity index (χ1) is 2.00. The Balaban J connectivity index is 3.02. The third-order valence-corrected chi connectivity index (χ3v) is 0. The van der Waals surface area contributed by atoms with Crippen molar-refractivity contribution >= 4 is 0 Å². The third kappa shape index (κ3) is 25.3. The Morgan fingerprint density at radius 3 is 1.50 bits per heavy atom.